The van der Waals surface area contributed by atoms with E-state index in [9.17, 15) is 9.59 Å². The summed E-state index contributed by atoms with van der Waals surface area (Å²) in [6.07, 6.45) is 1.45. The van der Waals surface area contributed by atoms with Crippen molar-refractivity contribution in [1.29, 1.82) is 0 Å². The molecule has 0 N–H and O–H groups in total. The predicted octanol–water partition coefficient (Wildman–Crippen LogP) is 3.09. The van der Waals surface area contributed by atoms with Gasteiger partial charge in [0.05, 0.1) is 30.0 Å². The van der Waals surface area contributed by atoms with Gasteiger partial charge >= 0.3 is 5.97 Å². The molecule has 0 saturated heterocycles. The van der Waals surface area contributed by atoms with Crippen molar-refractivity contribution in [3.05, 3.63) is 58.3 Å². The zero-order valence-electron chi connectivity index (χ0n) is 13.3. The van der Waals surface area contributed by atoms with E-state index in [1.165, 1.54) is 25.1 Å². The Bertz CT molecular complexity index is 945. The van der Waals surface area contributed by atoms with Crippen LogP contribution in [0.1, 0.15) is 23.0 Å². The number of aromatic nitrogens is 2. The summed E-state index contributed by atoms with van der Waals surface area (Å²) in [5.41, 5.74) is 0.969. The summed E-state index contributed by atoms with van der Waals surface area (Å²) in [6.45, 7) is 2.41. The topological polar surface area (TPSA) is 74.3 Å². The van der Waals surface area contributed by atoms with Crippen molar-refractivity contribution < 1.29 is 13.9 Å². The number of benzene rings is 1. The molecule has 0 spiro atoms. The third kappa shape index (κ3) is 2.94. The summed E-state index contributed by atoms with van der Waals surface area (Å²) in [6, 6.07) is 8.83. The third-order valence-electron chi connectivity index (χ3n) is 3.63. The number of carbonyl (C=O) groups excluding carboxylic acids is 1. The molecule has 2 heterocycles. The Labute approximate surface area is 142 Å². The van der Waals surface area contributed by atoms with Crippen LogP contribution in [-0.4, -0.2) is 22.6 Å². The number of methoxy groups -OCH3 is 1. The lowest BCUT2D eigenvalue weighted by Gasteiger charge is -2.10. The number of rotatable bonds is 5. The molecule has 0 atom stereocenters. The van der Waals surface area contributed by atoms with Gasteiger partial charge in [-0.15, -0.1) is 0 Å². The largest absolute Gasteiger partial charge is 0.468 e. The highest BCUT2D eigenvalue weighted by molar-refractivity contribution is 7.98. The van der Waals surface area contributed by atoms with Crippen molar-refractivity contribution in [2.75, 3.05) is 7.11 Å². The first-order valence-corrected chi connectivity index (χ1v) is 8.41. The van der Waals surface area contributed by atoms with Gasteiger partial charge in [0, 0.05) is 6.54 Å². The Kier molecular flexibility index (Phi) is 4.71. The lowest BCUT2D eigenvalue weighted by Crippen LogP contribution is -2.22. The van der Waals surface area contributed by atoms with E-state index in [0.717, 1.165) is 0 Å². The molecule has 0 amide bonds. The van der Waals surface area contributed by atoms with Gasteiger partial charge in [-0.3, -0.25) is 9.36 Å². The molecule has 124 valence electrons. The number of esters is 1. The number of para-hydroxylation sites is 1. The van der Waals surface area contributed by atoms with Crippen LogP contribution in [0.5, 0.6) is 0 Å². The van der Waals surface area contributed by atoms with E-state index in [0.29, 0.717) is 39.7 Å². The van der Waals surface area contributed by atoms with Crippen molar-refractivity contribution in [3.8, 4) is 0 Å². The first-order valence-electron chi connectivity index (χ1n) is 7.42. The maximum atomic E-state index is 12.6. The SMILES string of the molecule is CCn1c(SCc2occc2C(=O)OC)nc2ccccc2c1=O. The van der Waals surface area contributed by atoms with Gasteiger partial charge in [-0.25, -0.2) is 9.78 Å². The van der Waals surface area contributed by atoms with E-state index >= 15 is 0 Å². The van der Waals surface area contributed by atoms with Crippen molar-refractivity contribution in [1.82, 2.24) is 9.55 Å². The quantitative estimate of drug-likeness (QED) is 0.402. The fraction of sp³-hybridized carbons (Fsp3) is 0.235. The van der Waals surface area contributed by atoms with Crippen LogP contribution in [0.2, 0.25) is 0 Å². The van der Waals surface area contributed by atoms with Crippen LogP contribution < -0.4 is 5.56 Å². The van der Waals surface area contributed by atoms with Crippen LogP contribution in [0.3, 0.4) is 0 Å². The molecule has 3 rings (SSSR count). The van der Waals surface area contributed by atoms with Crippen molar-refractivity contribution in [2.24, 2.45) is 0 Å². The number of furan rings is 1. The number of nitrogens with zero attached hydrogens (tertiary/aromatic N) is 2. The van der Waals surface area contributed by atoms with E-state index in [1.807, 2.05) is 25.1 Å². The first-order chi connectivity index (χ1) is 11.7. The summed E-state index contributed by atoms with van der Waals surface area (Å²) in [7, 11) is 1.33. The van der Waals surface area contributed by atoms with Gasteiger partial charge in [0.2, 0.25) is 0 Å². The summed E-state index contributed by atoms with van der Waals surface area (Å²) >= 11 is 1.35. The molecule has 0 unspecified atom stereocenters. The standard InChI is InChI=1S/C17H16N2O4S/c1-3-19-15(20)11-6-4-5-7-13(11)18-17(19)24-10-14-12(8-9-23-14)16(21)22-2/h4-9H,3,10H2,1-2H3. The maximum absolute atomic E-state index is 12.6. The van der Waals surface area contributed by atoms with E-state index in [2.05, 4.69) is 4.98 Å². The number of ether oxygens (including phenoxy) is 1. The Morgan fingerprint density at radius 1 is 1.33 bits per heavy atom. The Morgan fingerprint density at radius 3 is 2.88 bits per heavy atom. The molecule has 0 saturated carbocycles. The molecule has 2 aromatic heterocycles. The number of hydrogen-bond donors (Lipinski definition) is 0. The highest BCUT2D eigenvalue weighted by Crippen LogP contribution is 2.25. The molecular formula is C17H16N2O4S. The van der Waals surface area contributed by atoms with Crippen LogP contribution >= 0.6 is 11.8 Å². The Morgan fingerprint density at radius 2 is 2.12 bits per heavy atom. The summed E-state index contributed by atoms with van der Waals surface area (Å²) < 4.78 is 11.7. The van der Waals surface area contributed by atoms with Crippen LogP contribution in [0.25, 0.3) is 10.9 Å². The second-order valence-corrected chi connectivity index (χ2v) is 5.94. The molecule has 7 heteroatoms. The molecule has 0 bridgehead atoms. The fourth-order valence-electron chi connectivity index (χ4n) is 2.41. The molecule has 0 aliphatic carbocycles. The number of fused-ring (bicyclic) bond motifs is 1. The highest BCUT2D eigenvalue weighted by Gasteiger charge is 2.17. The van der Waals surface area contributed by atoms with E-state index in [-0.39, 0.29) is 5.56 Å². The smallest absolute Gasteiger partial charge is 0.341 e. The minimum absolute atomic E-state index is 0.0711. The second kappa shape index (κ2) is 6.92. The fourth-order valence-corrected chi connectivity index (χ4v) is 3.43. The highest BCUT2D eigenvalue weighted by atomic mass is 32.2. The lowest BCUT2D eigenvalue weighted by atomic mass is 10.2. The maximum Gasteiger partial charge on any atom is 0.341 e. The molecule has 0 fully saturated rings. The van der Waals surface area contributed by atoms with Gasteiger partial charge in [0.25, 0.3) is 5.56 Å². The third-order valence-corrected chi connectivity index (χ3v) is 4.60. The van der Waals surface area contributed by atoms with E-state index in [1.54, 1.807) is 16.7 Å². The number of thioether (sulfide) groups is 1. The Hall–Kier alpha value is -2.54. The molecule has 1 aromatic carbocycles. The summed E-state index contributed by atoms with van der Waals surface area (Å²) in [5, 5.41) is 1.19. The van der Waals surface area contributed by atoms with Crippen molar-refractivity contribution in [3.63, 3.8) is 0 Å². The molecule has 0 aliphatic heterocycles. The van der Waals surface area contributed by atoms with Crippen LogP contribution in [0.4, 0.5) is 0 Å². The lowest BCUT2D eigenvalue weighted by molar-refractivity contribution is 0.0598. The van der Waals surface area contributed by atoms with Crippen molar-refractivity contribution in [2.45, 2.75) is 24.4 Å². The summed E-state index contributed by atoms with van der Waals surface area (Å²) in [5.74, 6) is 0.429. The van der Waals surface area contributed by atoms with Crippen LogP contribution in [0, 0.1) is 0 Å². The first kappa shape index (κ1) is 16.3. The van der Waals surface area contributed by atoms with Crippen molar-refractivity contribution >= 4 is 28.6 Å². The molecule has 0 aliphatic rings. The minimum atomic E-state index is -0.446. The molecule has 6 nitrogen and oxygen atoms in total. The second-order valence-electron chi connectivity index (χ2n) is 5.00. The number of hydrogen-bond acceptors (Lipinski definition) is 6. The number of carbonyl (C=O) groups is 1. The Balaban J connectivity index is 1.95. The van der Waals surface area contributed by atoms with E-state index < -0.39 is 5.97 Å². The van der Waals surface area contributed by atoms with Gasteiger partial charge < -0.3 is 9.15 Å². The average molecular weight is 344 g/mol. The van der Waals surface area contributed by atoms with Gasteiger partial charge in [0.1, 0.15) is 11.3 Å². The van der Waals surface area contributed by atoms with Gasteiger partial charge in [-0.1, -0.05) is 23.9 Å². The average Bonchev–Trinajstić information content (AvgIpc) is 3.08. The summed E-state index contributed by atoms with van der Waals surface area (Å²) in [4.78, 5) is 28.8. The molecule has 3 aromatic rings. The van der Waals surface area contributed by atoms with Gasteiger partial charge in [0.15, 0.2) is 5.16 Å². The zero-order valence-corrected chi connectivity index (χ0v) is 14.1. The van der Waals surface area contributed by atoms with Gasteiger partial charge in [-0.05, 0) is 25.1 Å². The zero-order chi connectivity index (χ0) is 17.1. The van der Waals surface area contributed by atoms with E-state index in [4.69, 9.17) is 9.15 Å². The minimum Gasteiger partial charge on any atom is -0.468 e. The van der Waals surface area contributed by atoms with Crippen LogP contribution in [-0.2, 0) is 17.0 Å². The monoisotopic (exact) mass is 344 g/mol. The van der Waals surface area contributed by atoms with Crippen LogP contribution in [0.15, 0.2) is 51.0 Å². The molecular weight excluding hydrogens is 328 g/mol. The predicted molar refractivity (Wildman–Crippen MR) is 91.3 cm³/mol. The molecule has 24 heavy (non-hydrogen) atoms. The molecule has 0 radical (unpaired) electrons. The van der Waals surface area contributed by atoms with Gasteiger partial charge in [-0.2, -0.15) is 0 Å². The normalized spacial score (nSPS) is 10.9.